The highest BCUT2D eigenvalue weighted by Gasteiger charge is 2.35. The van der Waals surface area contributed by atoms with Gasteiger partial charge in [-0.25, -0.2) is 0 Å². The molecule has 3 heteroatoms. The van der Waals surface area contributed by atoms with E-state index < -0.39 is 0 Å². The summed E-state index contributed by atoms with van der Waals surface area (Å²) in [4.78, 5) is 5.32. The maximum atomic E-state index is 3.61. The van der Waals surface area contributed by atoms with E-state index >= 15 is 0 Å². The van der Waals surface area contributed by atoms with Crippen molar-refractivity contribution in [1.82, 2.24) is 15.1 Å². The van der Waals surface area contributed by atoms with Gasteiger partial charge in [0.05, 0.1) is 0 Å². The number of nitrogens with zero attached hydrogens (tertiary/aromatic N) is 2. The minimum Gasteiger partial charge on any atom is -0.315 e. The largest absolute Gasteiger partial charge is 0.315 e. The summed E-state index contributed by atoms with van der Waals surface area (Å²) in [5.74, 6) is 1.67. The van der Waals surface area contributed by atoms with Crippen molar-refractivity contribution >= 4 is 0 Å². The van der Waals surface area contributed by atoms with Gasteiger partial charge in [0.15, 0.2) is 0 Å². The molecule has 2 fully saturated rings. The summed E-state index contributed by atoms with van der Waals surface area (Å²) >= 11 is 0. The Balaban J connectivity index is 1.76. The Morgan fingerprint density at radius 1 is 1.11 bits per heavy atom. The van der Waals surface area contributed by atoms with E-state index in [4.69, 9.17) is 0 Å². The van der Waals surface area contributed by atoms with Crippen molar-refractivity contribution in [3.63, 3.8) is 0 Å². The predicted octanol–water partition coefficient (Wildman–Crippen LogP) is 2.04. The minimum atomic E-state index is 0.687. The van der Waals surface area contributed by atoms with Gasteiger partial charge in [0, 0.05) is 25.2 Å². The molecule has 2 saturated heterocycles. The van der Waals surface area contributed by atoms with Crippen molar-refractivity contribution in [1.29, 1.82) is 0 Å². The van der Waals surface area contributed by atoms with Crippen LogP contribution in [0.4, 0.5) is 0 Å². The molecule has 0 aliphatic carbocycles. The smallest absolute Gasteiger partial charge is 0.0192 e. The normalized spacial score (nSPS) is 31.4. The summed E-state index contributed by atoms with van der Waals surface area (Å²) in [6, 6.07) is 1.55. The van der Waals surface area contributed by atoms with Gasteiger partial charge < -0.3 is 10.2 Å². The summed E-state index contributed by atoms with van der Waals surface area (Å²) in [5, 5.41) is 3.61. The molecular formula is C16H33N3. The Labute approximate surface area is 119 Å². The van der Waals surface area contributed by atoms with Gasteiger partial charge in [-0.1, -0.05) is 13.8 Å². The molecular weight excluding hydrogens is 234 g/mol. The summed E-state index contributed by atoms with van der Waals surface area (Å²) in [5.41, 5.74) is 0. The average molecular weight is 267 g/mol. The molecule has 1 N–H and O–H groups in total. The molecule has 3 unspecified atom stereocenters. The fourth-order valence-corrected chi connectivity index (χ4v) is 3.79. The Bertz CT molecular complexity index is 267. The standard InChI is InChI=1S/C16H33N3/c1-13(2)10-17-11-14(3)19-9-7-16-15(12-19)6-5-8-18(16)4/h13-17H,5-12H2,1-4H3. The molecule has 0 amide bonds. The van der Waals surface area contributed by atoms with Crippen molar-refractivity contribution in [3.8, 4) is 0 Å². The molecule has 2 aliphatic rings. The summed E-state index contributed by atoms with van der Waals surface area (Å²) in [6.07, 6.45) is 4.21. The summed E-state index contributed by atoms with van der Waals surface area (Å²) in [6.45, 7) is 13.2. The van der Waals surface area contributed by atoms with Crippen LogP contribution in [0.1, 0.15) is 40.0 Å². The highest BCUT2D eigenvalue weighted by atomic mass is 15.2. The molecule has 3 nitrogen and oxygen atoms in total. The van der Waals surface area contributed by atoms with Crippen LogP contribution in [0.25, 0.3) is 0 Å². The molecule has 19 heavy (non-hydrogen) atoms. The maximum absolute atomic E-state index is 3.61. The molecule has 0 aromatic heterocycles. The van der Waals surface area contributed by atoms with E-state index in [1.807, 2.05) is 0 Å². The second-order valence-electron chi connectivity index (χ2n) is 7.13. The average Bonchev–Trinajstić information content (AvgIpc) is 2.38. The zero-order valence-corrected chi connectivity index (χ0v) is 13.4. The molecule has 0 saturated carbocycles. The first-order valence-electron chi connectivity index (χ1n) is 8.23. The van der Waals surface area contributed by atoms with Gasteiger partial charge in [0.1, 0.15) is 0 Å². The number of likely N-dealkylation sites (tertiary alicyclic amines) is 2. The van der Waals surface area contributed by atoms with Gasteiger partial charge >= 0.3 is 0 Å². The molecule has 0 spiro atoms. The lowest BCUT2D eigenvalue weighted by Crippen LogP contribution is -2.55. The third kappa shape index (κ3) is 4.17. The van der Waals surface area contributed by atoms with E-state index in [9.17, 15) is 0 Å². The van der Waals surface area contributed by atoms with Crippen molar-refractivity contribution in [2.45, 2.75) is 52.1 Å². The molecule has 112 valence electrons. The van der Waals surface area contributed by atoms with Gasteiger partial charge in [0.25, 0.3) is 0 Å². The van der Waals surface area contributed by atoms with Gasteiger partial charge in [-0.3, -0.25) is 4.90 Å². The first-order valence-corrected chi connectivity index (χ1v) is 8.23. The van der Waals surface area contributed by atoms with Crippen LogP contribution >= 0.6 is 0 Å². The van der Waals surface area contributed by atoms with Gasteiger partial charge in [-0.15, -0.1) is 0 Å². The van der Waals surface area contributed by atoms with E-state index in [1.165, 1.54) is 38.9 Å². The van der Waals surface area contributed by atoms with Crippen molar-refractivity contribution < 1.29 is 0 Å². The van der Waals surface area contributed by atoms with Crippen LogP contribution in [-0.2, 0) is 0 Å². The van der Waals surface area contributed by atoms with Crippen molar-refractivity contribution in [2.75, 3.05) is 39.8 Å². The number of nitrogens with one attached hydrogen (secondary N) is 1. The number of fused-ring (bicyclic) bond motifs is 1. The lowest BCUT2D eigenvalue weighted by atomic mass is 9.84. The van der Waals surface area contributed by atoms with Gasteiger partial charge in [-0.05, 0) is 64.7 Å². The zero-order chi connectivity index (χ0) is 13.8. The first kappa shape index (κ1) is 15.3. The Morgan fingerprint density at radius 3 is 2.63 bits per heavy atom. The number of hydrogen-bond acceptors (Lipinski definition) is 3. The minimum absolute atomic E-state index is 0.687. The third-order valence-corrected chi connectivity index (χ3v) is 4.99. The van der Waals surface area contributed by atoms with Crippen LogP contribution in [0, 0.1) is 11.8 Å². The Morgan fingerprint density at radius 2 is 1.89 bits per heavy atom. The van der Waals surface area contributed by atoms with Crippen LogP contribution < -0.4 is 5.32 Å². The van der Waals surface area contributed by atoms with Crippen LogP contribution in [0.2, 0.25) is 0 Å². The van der Waals surface area contributed by atoms with E-state index in [1.54, 1.807) is 0 Å². The molecule has 0 radical (unpaired) electrons. The molecule has 0 bridgehead atoms. The number of rotatable bonds is 5. The highest BCUT2D eigenvalue weighted by Crippen LogP contribution is 2.30. The van der Waals surface area contributed by atoms with E-state index in [0.717, 1.165) is 31.0 Å². The second kappa shape index (κ2) is 7.05. The summed E-state index contributed by atoms with van der Waals surface area (Å²) in [7, 11) is 2.32. The number of hydrogen-bond donors (Lipinski definition) is 1. The van der Waals surface area contributed by atoms with E-state index in [-0.39, 0.29) is 0 Å². The fourth-order valence-electron chi connectivity index (χ4n) is 3.79. The molecule has 2 rings (SSSR count). The molecule has 0 aromatic carbocycles. The molecule has 3 atom stereocenters. The topological polar surface area (TPSA) is 18.5 Å². The highest BCUT2D eigenvalue weighted by molar-refractivity contribution is 4.90. The quantitative estimate of drug-likeness (QED) is 0.822. The third-order valence-electron chi connectivity index (χ3n) is 4.99. The molecule has 2 heterocycles. The molecule has 0 aromatic rings. The lowest BCUT2D eigenvalue weighted by molar-refractivity contribution is 0.0233. The number of piperidine rings is 2. The first-order chi connectivity index (χ1) is 9.08. The van der Waals surface area contributed by atoms with Crippen LogP contribution in [0.3, 0.4) is 0 Å². The monoisotopic (exact) mass is 267 g/mol. The van der Waals surface area contributed by atoms with Crippen molar-refractivity contribution in [3.05, 3.63) is 0 Å². The SMILES string of the molecule is CC(C)CNCC(C)N1CCC2C(CCCN2C)C1. The van der Waals surface area contributed by atoms with Crippen LogP contribution in [-0.4, -0.2) is 61.7 Å². The Hall–Kier alpha value is -0.120. The summed E-state index contributed by atoms with van der Waals surface area (Å²) < 4.78 is 0. The maximum Gasteiger partial charge on any atom is 0.0192 e. The van der Waals surface area contributed by atoms with Gasteiger partial charge in [0.2, 0.25) is 0 Å². The predicted molar refractivity (Wildman–Crippen MR) is 82.5 cm³/mol. The lowest BCUT2D eigenvalue weighted by Gasteiger charge is -2.47. The second-order valence-corrected chi connectivity index (χ2v) is 7.13. The zero-order valence-electron chi connectivity index (χ0n) is 13.4. The van der Waals surface area contributed by atoms with E-state index in [0.29, 0.717) is 6.04 Å². The molecule has 2 aliphatic heterocycles. The fraction of sp³-hybridized carbons (Fsp3) is 1.00. The van der Waals surface area contributed by atoms with E-state index in [2.05, 4.69) is 42.9 Å². The van der Waals surface area contributed by atoms with Crippen LogP contribution in [0.5, 0.6) is 0 Å². The van der Waals surface area contributed by atoms with Crippen molar-refractivity contribution in [2.24, 2.45) is 11.8 Å². The van der Waals surface area contributed by atoms with Crippen LogP contribution in [0.15, 0.2) is 0 Å². The van der Waals surface area contributed by atoms with Gasteiger partial charge in [-0.2, -0.15) is 0 Å². The Kier molecular flexibility index (Phi) is 5.67.